The van der Waals surface area contributed by atoms with Crippen molar-refractivity contribution in [3.8, 4) is 5.75 Å². The first-order chi connectivity index (χ1) is 10.7. The summed E-state index contributed by atoms with van der Waals surface area (Å²) in [4.78, 5) is 13.9. The second-order valence-corrected chi connectivity index (χ2v) is 6.79. The molecule has 23 heavy (non-hydrogen) atoms. The molecule has 0 saturated heterocycles. The Kier molecular flexibility index (Phi) is 7.55. The van der Waals surface area contributed by atoms with Crippen molar-refractivity contribution >= 4 is 24.4 Å². The molecule has 0 aromatic heterocycles. The van der Waals surface area contributed by atoms with Gasteiger partial charge in [0.05, 0.1) is 12.4 Å². The smallest absolute Gasteiger partial charge is 0.410 e. The van der Waals surface area contributed by atoms with Crippen molar-refractivity contribution < 1.29 is 14.3 Å². The highest BCUT2D eigenvalue weighted by Crippen LogP contribution is 2.16. The molecule has 0 spiro atoms. The van der Waals surface area contributed by atoms with Crippen LogP contribution in [-0.4, -0.2) is 41.7 Å². The molecule has 1 aromatic carbocycles. The third-order valence-corrected chi connectivity index (χ3v) is 3.15. The number of carbonyl (C=O) groups is 1. The Balaban J connectivity index is 2.51. The van der Waals surface area contributed by atoms with Gasteiger partial charge in [-0.3, -0.25) is 0 Å². The predicted molar refractivity (Wildman–Crippen MR) is 97.5 cm³/mol. The highest BCUT2D eigenvalue weighted by Gasteiger charge is 2.23. The number of rotatable bonds is 7. The maximum Gasteiger partial charge on any atom is 0.410 e. The maximum atomic E-state index is 12.2. The largest absolute Gasteiger partial charge is 0.492 e. The zero-order valence-corrected chi connectivity index (χ0v) is 15.5. The molecule has 0 aliphatic heterocycles. The molecular formula is C17H28N2O3S. The number of anilines is 1. The Bertz CT molecular complexity index is 484. The lowest BCUT2D eigenvalue weighted by Crippen LogP contribution is -2.43. The number of ether oxygens (including phenoxy) is 2. The summed E-state index contributed by atoms with van der Waals surface area (Å²) in [5.74, 6) is 1.35. The predicted octanol–water partition coefficient (Wildman–Crippen LogP) is 4.01. The number of thiol groups is 1. The quantitative estimate of drug-likeness (QED) is 0.582. The minimum absolute atomic E-state index is 0.0513. The van der Waals surface area contributed by atoms with E-state index in [2.05, 4.69) is 17.9 Å². The molecule has 0 fully saturated rings. The summed E-state index contributed by atoms with van der Waals surface area (Å²) in [6.45, 7) is 10.4. The molecule has 6 heteroatoms. The minimum Gasteiger partial charge on any atom is -0.492 e. The van der Waals surface area contributed by atoms with E-state index in [1.807, 2.05) is 58.9 Å². The van der Waals surface area contributed by atoms with Crippen LogP contribution in [0.15, 0.2) is 24.3 Å². The molecule has 130 valence electrons. The fraction of sp³-hybridized carbons (Fsp3) is 0.588. The molecule has 1 N–H and O–H groups in total. The van der Waals surface area contributed by atoms with E-state index in [9.17, 15) is 4.79 Å². The van der Waals surface area contributed by atoms with Crippen molar-refractivity contribution in [3.63, 3.8) is 0 Å². The van der Waals surface area contributed by atoms with Crippen LogP contribution in [-0.2, 0) is 4.74 Å². The van der Waals surface area contributed by atoms with E-state index in [1.165, 1.54) is 0 Å². The van der Waals surface area contributed by atoms with E-state index in [0.29, 0.717) is 19.0 Å². The van der Waals surface area contributed by atoms with E-state index in [-0.39, 0.29) is 12.1 Å². The highest BCUT2D eigenvalue weighted by molar-refractivity contribution is 7.80. The molecule has 0 aliphatic rings. The van der Waals surface area contributed by atoms with Crippen LogP contribution >= 0.6 is 12.6 Å². The van der Waals surface area contributed by atoms with Crippen LogP contribution in [0.25, 0.3) is 0 Å². The first-order valence-corrected chi connectivity index (χ1v) is 8.43. The summed E-state index contributed by atoms with van der Waals surface area (Å²) in [5, 5.41) is 3.10. The Morgan fingerprint density at radius 2 is 1.87 bits per heavy atom. The molecule has 5 nitrogen and oxygen atoms in total. The Morgan fingerprint density at radius 1 is 1.26 bits per heavy atom. The van der Waals surface area contributed by atoms with E-state index in [0.717, 1.165) is 11.4 Å². The lowest BCUT2D eigenvalue weighted by Gasteiger charge is -2.30. The molecule has 0 aliphatic carbocycles. The van der Waals surface area contributed by atoms with Gasteiger partial charge in [-0.15, -0.1) is 0 Å². The third-order valence-electron chi connectivity index (χ3n) is 2.99. The van der Waals surface area contributed by atoms with E-state index >= 15 is 0 Å². The summed E-state index contributed by atoms with van der Waals surface area (Å²) >= 11 is 4.11. The van der Waals surface area contributed by atoms with Gasteiger partial charge >= 0.3 is 6.09 Å². The SMILES string of the molecule is CC(C)N(CCOc1ccc(NCS)cc1)C(=O)OC(C)(C)C. The standard InChI is InChI=1S/C17H28N2O3S/c1-13(2)19(16(20)22-17(3,4)5)10-11-21-15-8-6-14(7-9-15)18-12-23/h6-9,13,18,23H,10-12H2,1-5H3. The fourth-order valence-electron chi connectivity index (χ4n) is 1.90. The summed E-state index contributed by atoms with van der Waals surface area (Å²) in [6.07, 6.45) is -0.315. The van der Waals surface area contributed by atoms with Gasteiger partial charge in [0, 0.05) is 11.7 Å². The highest BCUT2D eigenvalue weighted by atomic mass is 32.1. The maximum absolute atomic E-state index is 12.2. The number of nitrogens with one attached hydrogen (secondary N) is 1. The summed E-state index contributed by atoms with van der Waals surface area (Å²) in [7, 11) is 0. The van der Waals surface area contributed by atoms with Gasteiger partial charge in [-0.25, -0.2) is 4.79 Å². The molecule has 0 bridgehead atoms. The summed E-state index contributed by atoms with van der Waals surface area (Å²) < 4.78 is 11.1. The third kappa shape index (κ3) is 7.50. The van der Waals surface area contributed by atoms with Crippen molar-refractivity contribution in [2.75, 3.05) is 24.3 Å². The summed E-state index contributed by atoms with van der Waals surface area (Å²) in [5.41, 5.74) is 0.492. The van der Waals surface area contributed by atoms with Crippen molar-refractivity contribution in [3.05, 3.63) is 24.3 Å². The van der Waals surface area contributed by atoms with Gasteiger partial charge in [0.15, 0.2) is 0 Å². The first-order valence-electron chi connectivity index (χ1n) is 7.80. The van der Waals surface area contributed by atoms with Crippen LogP contribution in [0.4, 0.5) is 10.5 Å². The molecule has 0 heterocycles. The molecule has 1 amide bonds. The van der Waals surface area contributed by atoms with E-state index in [1.54, 1.807) is 4.90 Å². The van der Waals surface area contributed by atoms with Gasteiger partial charge in [0.2, 0.25) is 0 Å². The van der Waals surface area contributed by atoms with Crippen LogP contribution in [0.1, 0.15) is 34.6 Å². The first kappa shape index (κ1) is 19.5. The number of hydrogen-bond donors (Lipinski definition) is 2. The Hall–Kier alpha value is -1.56. The number of nitrogens with zero attached hydrogens (tertiary/aromatic N) is 1. The second kappa shape index (κ2) is 8.91. The summed E-state index contributed by atoms with van der Waals surface area (Å²) in [6, 6.07) is 7.69. The van der Waals surface area contributed by atoms with Crippen molar-refractivity contribution in [1.82, 2.24) is 4.90 Å². The van der Waals surface area contributed by atoms with Crippen molar-refractivity contribution in [1.29, 1.82) is 0 Å². The van der Waals surface area contributed by atoms with Gasteiger partial charge < -0.3 is 19.7 Å². The lowest BCUT2D eigenvalue weighted by atomic mass is 10.2. The number of benzene rings is 1. The zero-order chi connectivity index (χ0) is 17.5. The average molecular weight is 340 g/mol. The van der Waals surface area contributed by atoms with Gasteiger partial charge in [-0.2, -0.15) is 12.6 Å². The van der Waals surface area contributed by atoms with Crippen LogP contribution < -0.4 is 10.1 Å². The number of amides is 1. The molecule has 0 radical (unpaired) electrons. The average Bonchev–Trinajstić information content (AvgIpc) is 2.43. The van der Waals surface area contributed by atoms with Crippen LogP contribution in [0.3, 0.4) is 0 Å². The Morgan fingerprint density at radius 3 is 2.35 bits per heavy atom. The molecule has 1 aromatic rings. The molecule has 0 atom stereocenters. The van der Waals surface area contributed by atoms with Gasteiger partial charge in [-0.1, -0.05) is 0 Å². The van der Waals surface area contributed by atoms with Crippen molar-refractivity contribution in [2.24, 2.45) is 0 Å². The minimum atomic E-state index is -0.499. The lowest BCUT2D eigenvalue weighted by molar-refractivity contribution is 0.0164. The fourth-order valence-corrected chi connectivity index (χ4v) is 2.09. The number of carbonyl (C=O) groups excluding carboxylic acids is 1. The monoisotopic (exact) mass is 340 g/mol. The molecule has 0 unspecified atom stereocenters. The van der Waals surface area contributed by atoms with Gasteiger partial charge in [-0.05, 0) is 58.9 Å². The topological polar surface area (TPSA) is 50.8 Å². The zero-order valence-electron chi connectivity index (χ0n) is 14.6. The van der Waals surface area contributed by atoms with Gasteiger partial charge in [0.1, 0.15) is 18.0 Å². The number of hydrogen-bond acceptors (Lipinski definition) is 5. The van der Waals surface area contributed by atoms with Crippen LogP contribution in [0, 0.1) is 0 Å². The normalized spacial score (nSPS) is 11.3. The Labute approximate surface area is 144 Å². The van der Waals surface area contributed by atoms with E-state index in [4.69, 9.17) is 9.47 Å². The molecular weight excluding hydrogens is 312 g/mol. The van der Waals surface area contributed by atoms with Gasteiger partial charge in [0.25, 0.3) is 0 Å². The van der Waals surface area contributed by atoms with Crippen LogP contribution in [0.5, 0.6) is 5.75 Å². The van der Waals surface area contributed by atoms with Crippen LogP contribution in [0.2, 0.25) is 0 Å². The molecule has 0 saturated carbocycles. The van der Waals surface area contributed by atoms with E-state index < -0.39 is 5.60 Å². The second-order valence-electron chi connectivity index (χ2n) is 6.48. The van der Waals surface area contributed by atoms with Crippen molar-refractivity contribution in [2.45, 2.75) is 46.3 Å². The molecule has 1 rings (SSSR count).